The number of rotatable bonds is 0. The lowest BCUT2D eigenvalue weighted by atomic mass is 10.7. The van der Waals surface area contributed by atoms with Gasteiger partial charge in [0.2, 0.25) is 0 Å². The van der Waals surface area contributed by atoms with Crippen molar-refractivity contribution < 1.29 is 45.1 Å². The van der Waals surface area contributed by atoms with Gasteiger partial charge in [-0.05, 0) is 10.8 Å². The standard InChI is InChI=1S/C4H4S.2C2H2O4.H2O/c1-2-4-5-3-1;2*3-1(4)2(5)6;/h1-4H;2*(H,3,4)(H,5,6);1H2. The van der Waals surface area contributed by atoms with E-state index in [0.29, 0.717) is 0 Å². The molecule has 0 bridgehead atoms. The maximum atomic E-state index is 9.10. The van der Waals surface area contributed by atoms with Crippen molar-refractivity contribution in [3.05, 3.63) is 22.9 Å². The summed E-state index contributed by atoms with van der Waals surface area (Å²) in [5.74, 6) is -7.30. The van der Waals surface area contributed by atoms with Crippen LogP contribution in [0.3, 0.4) is 0 Å². The van der Waals surface area contributed by atoms with Gasteiger partial charge in [-0.2, -0.15) is 11.3 Å². The molecule has 10 heteroatoms. The first kappa shape index (κ1) is 20.9. The molecule has 0 spiro atoms. The summed E-state index contributed by atoms with van der Waals surface area (Å²) in [6.45, 7) is 0. The predicted octanol–water partition coefficient (Wildman–Crippen LogP) is -0.765. The zero-order valence-electron chi connectivity index (χ0n) is 8.64. The SMILES string of the molecule is O.O=C(O)C(=O)O.O=C(O)C(=O)O.c1ccsc1. The Balaban J connectivity index is -0.000000183. The Bertz CT molecular complexity index is 305. The molecule has 0 fully saturated rings. The molecule has 0 saturated heterocycles. The maximum Gasteiger partial charge on any atom is 0.414 e. The highest BCUT2D eigenvalue weighted by atomic mass is 32.1. The van der Waals surface area contributed by atoms with Gasteiger partial charge in [-0.3, -0.25) is 0 Å². The number of carboxylic acid groups (broad SMARTS) is 4. The molecule has 6 N–H and O–H groups in total. The van der Waals surface area contributed by atoms with Crippen LogP contribution in [-0.2, 0) is 19.2 Å². The van der Waals surface area contributed by atoms with Crippen molar-refractivity contribution in [2.75, 3.05) is 0 Å². The van der Waals surface area contributed by atoms with Crippen molar-refractivity contribution in [3.8, 4) is 0 Å². The van der Waals surface area contributed by atoms with Crippen molar-refractivity contribution in [1.29, 1.82) is 0 Å². The lowest BCUT2D eigenvalue weighted by molar-refractivity contribution is -0.159. The van der Waals surface area contributed by atoms with Gasteiger partial charge >= 0.3 is 23.9 Å². The van der Waals surface area contributed by atoms with Gasteiger partial charge in [-0.15, -0.1) is 0 Å². The van der Waals surface area contributed by atoms with Gasteiger partial charge in [0.15, 0.2) is 0 Å². The Hall–Kier alpha value is -2.46. The second-order valence-electron chi connectivity index (χ2n) is 2.01. The zero-order valence-corrected chi connectivity index (χ0v) is 9.46. The van der Waals surface area contributed by atoms with Gasteiger partial charge in [0.1, 0.15) is 0 Å². The van der Waals surface area contributed by atoms with Crippen LogP contribution >= 0.6 is 11.3 Å². The molecule has 1 aromatic heterocycles. The second kappa shape index (κ2) is 12.6. The number of thiophene rings is 1. The summed E-state index contributed by atoms with van der Waals surface area (Å²) in [5.41, 5.74) is 0. The molecule has 0 aliphatic rings. The molecule has 0 atom stereocenters. The lowest BCUT2D eigenvalue weighted by Crippen LogP contribution is -2.09. The molecular formula is C8H10O9S. The minimum absolute atomic E-state index is 0. The Kier molecular flexibility index (Phi) is 14.6. The highest BCUT2D eigenvalue weighted by molar-refractivity contribution is 7.07. The minimum atomic E-state index is -1.82. The molecule has 1 aromatic rings. The number of hydrogen-bond donors (Lipinski definition) is 4. The highest BCUT2D eigenvalue weighted by Crippen LogP contribution is 1.91. The van der Waals surface area contributed by atoms with Gasteiger partial charge in [0.05, 0.1) is 0 Å². The van der Waals surface area contributed by atoms with E-state index in [-0.39, 0.29) is 5.48 Å². The Morgan fingerprint density at radius 3 is 0.944 bits per heavy atom. The number of aliphatic carboxylic acids is 4. The van der Waals surface area contributed by atoms with Crippen LogP contribution in [-0.4, -0.2) is 49.8 Å². The molecule has 0 unspecified atom stereocenters. The van der Waals surface area contributed by atoms with Crippen LogP contribution in [0.15, 0.2) is 22.9 Å². The van der Waals surface area contributed by atoms with Crippen LogP contribution in [0, 0.1) is 0 Å². The first-order valence-electron chi connectivity index (χ1n) is 3.68. The van der Waals surface area contributed by atoms with E-state index < -0.39 is 23.9 Å². The molecule has 0 aromatic carbocycles. The molecule has 0 aliphatic heterocycles. The number of carbonyl (C=O) groups is 4. The summed E-state index contributed by atoms with van der Waals surface area (Å²) in [7, 11) is 0. The second-order valence-corrected chi connectivity index (χ2v) is 2.83. The smallest absolute Gasteiger partial charge is 0.414 e. The van der Waals surface area contributed by atoms with Gasteiger partial charge < -0.3 is 25.9 Å². The van der Waals surface area contributed by atoms with Crippen molar-refractivity contribution in [1.82, 2.24) is 0 Å². The monoisotopic (exact) mass is 282 g/mol. The molecule has 9 nitrogen and oxygen atoms in total. The molecule has 0 aliphatic carbocycles. The molecular weight excluding hydrogens is 272 g/mol. The number of carboxylic acids is 4. The first-order valence-corrected chi connectivity index (χ1v) is 4.63. The lowest BCUT2D eigenvalue weighted by Gasteiger charge is -1.72. The van der Waals surface area contributed by atoms with Crippen LogP contribution in [0.5, 0.6) is 0 Å². The normalized spacial score (nSPS) is 7.11. The van der Waals surface area contributed by atoms with E-state index in [2.05, 4.69) is 0 Å². The molecule has 0 radical (unpaired) electrons. The quantitative estimate of drug-likeness (QED) is 0.447. The van der Waals surface area contributed by atoms with Crippen LogP contribution in [0.25, 0.3) is 0 Å². The first-order chi connectivity index (χ1) is 7.79. The fraction of sp³-hybridized carbons (Fsp3) is 0. The fourth-order valence-corrected chi connectivity index (χ4v) is 0.680. The zero-order chi connectivity index (χ0) is 13.8. The van der Waals surface area contributed by atoms with E-state index in [9.17, 15) is 0 Å². The Morgan fingerprint density at radius 2 is 0.889 bits per heavy atom. The van der Waals surface area contributed by atoms with Crippen molar-refractivity contribution in [2.45, 2.75) is 0 Å². The van der Waals surface area contributed by atoms with Gasteiger partial charge in [-0.25, -0.2) is 19.2 Å². The van der Waals surface area contributed by atoms with E-state index in [0.717, 1.165) is 0 Å². The van der Waals surface area contributed by atoms with Crippen molar-refractivity contribution >= 4 is 35.2 Å². The summed E-state index contributed by atoms with van der Waals surface area (Å²) < 4.78 is 0. The van der Waals surface area contributed by atoms with Crippen LogP contribution in [0.1, 0.15) is 0 Å². The third-order valence-corrected chi connectivity index (χ3v) is 1.42. The largest absolute Gasteiger partial charge is 0.473 e. The Morgan fingerprint density at radius 1 is 0.667 bits per heavy atom. The average molecular weight is 282 g/mol. The molecule has 0 saturated carbocycles. The van der Waals surface area contributed by atoms with E-state index >= 15 is 0 Å². The summed E-state index contributed by atoms with van der Waals surface area (Å²) in [5, 5.41) is 33.6. The van der Waals surface area contributed by atoms with Crippen LogP contribution in [0.2, 0.25) is 0 Å². The third-order valence-electron chi connectivity index (χ3n) is 0.791. The molecule has 0 amide bonds. The molecule has 102 valence electrons. The fourth-order valence-electron chi connectivity index (χ4n) is 0.227. The van der Waals surface area contributed by atoms with Crippen LogP contribution in [0.4, 0.5) is 0 Å². The summed E-state index contributed by atoms with van der Waals surface area (Å²) in [6.07, 6.45) is 0. The van der Waals surface area contributed by atoms with E-state index in [1.165, 1.54) is 0 Å². The maximum absolute atomic E-state index is 9.10. The van der Waals surface area contributed by atoms with Crippen molar-refractivity contribution in [3.63, 3.8) is 0 Å². The molecule has 18 heavy (non-hydrogen) atoms. The Labute approximate surface area is 104 Å². The van der Waals surface area contributed by atoms with Gasteiger partial charge in [-0.1, -0.05) is 12.1 Å². The highest BCUT2D eigenvalue weighted by Gasteiger charge is 2.04. The predicted molar refractivity (Wildman–Crippen MR) is 58.5 cm³/mol. The summed E-state index contributed by atoms with van der Waals surface area (Å²) >= 11 is 1.71. The van der Waals surface area contributed by atoms with Gasteiger partial charge in [0, 0.05) is 0 Å². The number of hydrogen-bond acceptors (Lipinski definition) is 5. The van der Waals surface area contributed by atoms with Gasteiger partial charge in [0.25, 0.3) is 0 Å². The molecule has 1 rings (SSSR count). The van der Waals surface area contributed by atoms with E-state index in [1.807, 2.05) is 22.9 Å². The van der Waals surface area contributed by atoms with E-state index in [1.54, 1.807) is 11.3 Å². The third kappa shape index (κ3) is 19.2. The van der Waals surface area contributed by atoms with E-state index in [4.69, 9.17) is 39.6 Å². The summed E-state index contributed by atoms with van der Waals surface area (Å²) in [4.78, 5) is 36.4. The van der Waals surface area contributed by atoms with Crippen LogP contribution < -0.4 is 0 Å². The minimum Gasteiger partial charge on any atom is -0.473 e. The van der Waals surface area contributed by atoms with Crippen molar-refractivity contribution in [2.24, 2.45) is 0 Å². The molecule has 1 heterocycles. The average Bonchev–Trinajstić information content (AvgIpc) is 2.75. The topological polar surface area (TPSA) is 181 Å². The summed E-state index contributed by atoms with van der Waals surface area (Å²) in [6, 6.07) is 4.04.